The number of aryl methyl sites for hydroxylation is 1. The first kappa shape index (κ1) is 21.1. The molecule has 0 unspecified atom stereocenters. The number of hydrogen-bond donors (Lipinski definition) is 1. The number of benzene rings is 2. The Morgan fingerprint density at radius 2 is 1.83 bits per heavy atom. The Morgan fingerprint density at radius 1 is 1.13 bits per heavy atom. The van der Waals surface area contributed by atoms with E-state index in [0.717, 1.165) is 20.9 Å². The van der Waals surface area contributed by atoms with E-state index in [9.17, 15) is 18.8 Å². The average molecular weight is 412 g/mol. The summed E-state index contributed by atoms with van der Waals surface area (Å²) in [6.45, 7) is 2.20. The van der Waals surface area contributed by atoms with Crippen LogP contribution in [0.5, 0.6) is 0 Å². The van der Waals surface area contributed by atoms with Crippen molar-refractivity contribution in [3.05, 3.63) is 92.0 Å². The summed E-state index contributed by atoms with van der Waals surface area (Å²) in [6.07, 6.45) is 0. The van der Waals surface area contributed by atoms with Gasteiger partial charge >= 0.3 is 5.69 Å². The normalized spacial score (nSPS) is 10.8. The molecule has 3 rings (SSSR count). The SMILES string of the molecule is COCCNC(=O)c1nn(-c2ccccc2F)c(=O)n(Cc2ccc(C)cc2)c1=O. The quantitative estimate of drug-likeness (QED) is 0.590. The first-order valence-corrected chi connectivity index (χ1v) is 9.24. The van der Waals surface area contributed by atoms with E-state index in [4.69, 9.17) is 4.74 Å². The maximum absolute atomic E-state index is 14.3. The Balaban J connectivity index is 2.15. The van der Waals surface area contributed by atoms with Gasteiger partial charge in [-0.05, 0) is 24.6 Å². The van der Waals surface area contributed by atoms with Crippen LogP contribution in [0.1, 0.15) is 21.6 Å². The van der Waals surface area contributed by atoms with Crippen LogP contribution in [0.25, 0.3) is 5.69 Å². The van der Waals surface area contributed by atoms with Gasteiger partial charge in [0.2, 0.25) is 5.69 Å². The molecule has 0 aliphatic rings. The standard InChI is InChI=1S/C21H21FN4O4/c1-14-7-9-15(10-8-14)13-25-20(28)18(19(27)23-11-12-30-2)24-26(21(25)29)17-6-4-3-5-16(17)22/h3-10H,11-13H2,1-2H3,(H,23,27). The second-order valence-electron chi connectivity index (χ2n) is 6.62. The molecule has 0 atom stereocenters. The van der Waals surface area contributed by atoms with E-state index >= 15 is 0 Å². The number of carbonyl (C=O) groups is 1. The fourth-order valence-corrected chi connectivity index (χ4v) is 2.80. The lowest BCUT2D eigenvalue weighted by molar-refractivity contribution is 0.0927. The lowest BCUT2D eigenvalue weighted by Gasteiger charge is -2.13. The molecule has 0 aliphatic carbocycles. The third-order valence-corrected chi connectivity index (χ3v) is 4.41. The van der Waals surface area contributed by atoms with Crippen molar-refractivity contribution in [2.24, 2.45) is 0 Å². The summed E-state index contributed by atoms with van der Waals surface area (Å²) in [5.41, 5.74) is -0.686. The third kappa shape index (κ3) is 4.52. The van der Waals surface area contributed by atoms with Crippen molar-refractivity contribution >= 4 is 5.91 Å². The summed E-state index contributed by atoms with van der Waals surface area (Å²) in [4.78, 5) is 38.4. The predicted octanol–water partition coefficient (Wildman–Crippen LogP) is 1.27. The fourth-order valence-electron chi connectivity index (χ4n) is 2.80. The summed E-state index contributed by atoms with van der Waals surface area (Å²) in [6, 6.07) is 12.7. The van der Waals surface area contributed by atoms with Gasteiger partial charge in [0.1, 0.15) is 11.5 Å². The lowest BCUT2D eigenvalue weighted by Crippen LogP contribution is -2.46. The molecule has 2 aromatic carbocycles. The largest absolute Gasteiger partial charge is 0.383 e. The van der Waals surface area contributed by atoms with Crippen LogP contribution >= 0.6 is 0 Å². The number of rotatable bonds is 7. The number of nitrogens with one attached hydrogen (secondary N) is 1. The van der Waals surface area contributed by atoms with E-state index in [1.807, 2.05) is 19.1 Å². The Labute approximate surface area is 171 Å². The number of carbonyl (C=O) groups excluding carboxylic acids is 1. The molecule has 0 bridgehead atoms. The maximum Gasteiger partial charge on any atom is 0.352 e. The molecule has 156 valence electrons. The van der Waals surface area contributed by atoms with Crippen molar-refractivity contribution in [2.75, 3.05) is 20.3 Å². The molecule has 0 saturated carbocycles. The Bertz CT molecular complexity index is 1170. The molecular formula is C21H21FN4O4. The highest BCUT2D eigenvalue weighted by Crippen LogP contribution is 2.09. The molecule has 0 aliphatic heterocycles. The average Bonchev–Trinajstić information content (AvgIpc) is 2.73. The van der Waals surface area contributed by atoms with Crippen molar-refractivity contribution in [2.45, 2.75) is 13.5 Å². The van der Waals surface area contributed by atoms with Crippen LogP contribution in [-0.2, 0) is 11.3 Å². The summed E-state index contributed by atoms with van der Waals surface area (Å²) < 4.78 is 20.8. The number of methoxy groups -OCH3 is 1. The summed E-state index contributed by atoms with van der Waals surface area (Å²) in [5, 5.41) is 6.38. The van der Waals surface area contributed by atoms with Gasteiger partial charge in [-0.1, -0.05) is 42.0 Å². The van der Waals surface area contributed by atoms with E-state index in [-0.39, 0.29) is 25.4 Å². The van der Waals surface area contributed by atoms with Gasteiger partial charge in [0.05, 0.1) is 13.2 Å². The van der Waals surface area contributed by atoms with Crippen molar-refractivity contribution in [1.29, 1.82) is 0 Å². The molecule has 1 N–H and O–H groups in total. The number of halogens is 1. The number of para-hydroxylation sites is 1. The zero-order valence-electron chi connectivity index (χ0n) is 16.6. The van der Waals surface area contributed by atoms with Gasteiger partial charge in [-0.15, -0.1) is 0 Å². The van der Waals surface area contributed by atoms with Crippen molar-refractivity contribution in [3.8, 4) is 5.69 Å². The second-order valence-corrected chi connectivity index (χ2v) is 6.62. The zero-order chi connectivity index (χ0) is 21.7. The first-order valence-electron chi connectivity index (χ1n) is 9.24. The van der Waals surface area contributed by atoms with E-state index < -0.39 is 28.7 Å². The van der Waals surface area contributed by atoms with Gasteiger partial charge in [0.15, 0.2) is 0 Å². The van der Waals surface area contributed by atoms with Crippen molar-refractivity contribution < 1.29 is 13.9 Å². The molecule has 0 radical (unpaired) electrons. The van der Waals surface area contributed by atoms with Crippen LogP contribution in [0.4, 0.5) is 4.39 Å². The molecule has 0 saturated heterocycles. The van der Waals surface area contributed by atoms with Gasteiger partial charge in [-0.2, -0.15) is 9.78 Å². The van der Waals surface area contributed by atoms with Gasteiger partial charge in [0.25, 0.3) is 11.5 Å². The van der Waals surface area contributed by atoms with Gasteiger partial charge in [0, 0.05) is 13.7 Å². The number of amides is 1. The van der Waals surface area contributed by atoms with Crippen LogP contribution in [-0.4, -0.2) is 40.5 Å². The van der Waals surface area contributed by atoms with E-state index in [1.165, 1.54) is 25.3 Å². The summed E-state index contributed by atoms with van der Waals surface area (Å²) >= 11 is 0. The van der Waals surface area contributed by atoms with Crippen LogP contribution < -0.4 is 16.6 Å². The molecular weight excluding hydrogens is 391 g/mol. The molecule has 3 aromatic rings. The van der Waals surface area contributed by atoms with E-state index in [0.29, 0.717) is 5.56 Å². The van der Waals surface area contributed by atoms with Crippen LogP contribution in [0.2, 0.25) is 0 Å². The number of aromatic nitrogens is 3. The number of hydrogen-bond acceptors (Lipinski definition) is 5. The van der Waals surface area contributed by atoms with E-state index in [1.54, 1.807) is 12.1 Å². The van der Waals surface area contributed by atoms with E-state index in [2.05, 4.69) is 10.4 Å². The fraction of sp³-hybridized carbons (Fsp3) is 0.238. The predicted molar refractivity (Wildman–Crippen MR) is 109 cm³/mol. The monoisotopic (exact) mass is 412 g/mol. The minimum Gasteiger partial charge on any atom is -0.383 e. The van der Waals surface area contributed by atoms with Crippen LogP contribution in [0, 0.1) is 12.7 Å². The summed E-state index contributed by atoms with van der Waals surface area (Å²) in [5.74, 6) is -1.49. The summed E-state index contributed by atoms with van der Waals surface area (Å²) in [7, 11) is 1.47. The minimum absolute atomic E-state index is 0.0900. The molecule has 1 heterocycles. The topological polar surface area (TPSA) is 95.2 Å². The number of nitrogens with zero attached hydrogens (tertiary/aromatic N) is 3. The first-order chi connectivity index (χ1) is 14.4. The highest BCUT2D eigenvalue weighted by molar-refractivity contribution is 5.91. The second kappa shape index (κ2) is 9.27. The lowest BCUT2D eigenvalue weighted by atomic mass is 10.1. The van der Waals surface area contributed by atoms with Crippen molar-refractivity contribution in [3.63, 3.8) is 0 Å². The molecule has 9 heteroatoms. The van der Waals surface area contributed by atoms with Crippen LogP contribution in [0.3, 0.4) is 0 Å². The number of ether oxygens (including phenoxy) is 1. The highest BCUT2D eigenvalue weighted by Gasteiger charge is 2.21. The molecule has 0 spiro atoms. The Hall–Kier alpha value is -3.59. The molecule has 1 aromatic heterocycles. The molecule has 0 fully saturated rings. The highest BCUT2D eigenvalue weighted by atomic mass is 19.1. The van der Waals surface area contributed by atoms with Crippen LogP contribution in [0.15, 0.2) is 58.1 Å². The maximum atomic E-state index is 14.3. The zero-order valence-corrected chi connectivity index (χ0v) is 16.6. The minimum atomic E-state index is -0.858. The molecule has 8 nitrogen and oxygen atoms in total. The Morgan fingerprint density at radius 3 is 2.50 bits per heavy atom. The molecule has 1 amide bonds. The van der Waals surface area contributed by atoms with Gasteiger partial charge in [-0.3, -0.25) is 14.2 Å². The van der Waals surface area contributed by atoms with Gasteiger partial charge in [-0.25, -0.2) is 9.18 Å². The van der Waals surface area contributed by atoms with Gasteiger partial charge < -0.3 is 10.1 Å². The van der Waals surface area contributed by atoms with Crippen molar-refractivity contribution in [1.82, 2.24) is 19.7 Å². The third-order valence-electron chi connectivity index (χ3n) is 4.41. The Kier molecular flexibility index (Phi) is 6.53. The smallest absolute Gasteiger partial charge is 0.352 e. The molecule has 30 heavy (non-hydrogen) atoms.